The first kappa shape index (κ1) is 14.0. The van der Waals surface area contributed by atoms with Crippen LogP contribution >= 0.6 is 11.8 Å². The van der Waals surface area contributed by atoms with E-state index in [4.69, 9.17) is 10.5 Å². The summed E-state index contributed by atoms with van der Waals surface area (Å²) in [6, 6.07) is 8.00. The van der Waals surface area contributed by atoms with Gasteiger partial charge in [-0.05, 0) is 24.6 Å². The van der Waals surface area contributed by atoms with E-state index in [0.717, 1.165) is 22.0 Å². The molecule has 0 aliphatic heterocycles. The van der Waals surface area contributed by atoms with Gasteiger partial charge in [-0.3, -0.25) is 4.68 Å². The Kier molecular flexibility index (Phi) is 4.87. The van der Waals surface area contributed by atoms with Crippen molar-refractivity contribution in [1.82, 2.24) is 9.78 Å². The number of aromatic nitrogens is 2. The molecule has 0 saturated carbocycles. The summed E-state index contributed by atoms with van der Waals surface area (Å²) in [6.45, 7) is 2.66. The Morgan fingerprint density at radius 2 is 2.11 bits per heavy atom. The number of nitrogens with zero attached hydrogens (tertiary/aromatic N) is 2. The molecule has 1 heterocycles. The molecule has 0 bridgehead atoms. The van der Waals surface area contributed by atoms with Crippen molar-refractivity contribution < 1.29 is 4.74 Å². The average Bonchev–Trinajstić information content (AvgIpc) is 2.83. The molecule has 102 valence electrons. The van der Waals surface area contributed by atoms with Gasteiger partial charge >= 0.3 is 0 Å². The minimum Gasteiger partial charge on any atom is -0.494 e. The van der Waals surface area contributed by atoms with Gasteiger partial charge < -0.3 is 10.5 Å². The lowest BCUT2D eigenvalue weighted by Gasteiger charge is -2.12. The maximum absolute atomic E-state index is 6.18. The highest BCUT2D eigenvalue weighted by Gasteiger charge is 2.07. The smallest absolute Gasteiger partial charge is 0.119 e. The summed E-state index contributed by atoms with van der Waals surface area (Å²) >= 11 is 1.72. The number of aryl methyl sites for hydroxylation is 1. The standard InChI is InChI=1S/C14H19N3OS/c1-3-18-12-6-4-11(5-7-12)14(15)10-19-13-8-16-17(2)9-13/h4-9,14H,3,10,15H2,1-2H3. The first-order valence-corrected chi connectivity index (χ1v) is 7.27. The minimum absolute atomic E-state index is 0.0147. The highest BCUT2D eigenvalue weighted by Crippen LogP contribution is 2.24. The Labute approximate surface area is 117 Å². The maximum Gasteiger partial charge on any atom is 0.119 e. The second-order valence-corrected chi connectivity index (χ2v) is 5.36. The molecule has 0 aliphatic rings. The van der Waals surface area contributed by atoms with Gasteiger partial charge in [-0.25, -0.2) is 0 Å². The molecule has 0 radical (unpaired) electrons. The van der Waals surface area contributed by atoms with Crippen LogP contribution in [0.25, 0.3) is 0 Å². The first-order valence-electron chi connectivity index (χ1n) is 6.29. The summed E-state index contributed by atoms with van der Waals surface area (Å²) < 4.78 is 7.21. The van der Waals surface area contributed by atoms with Crippen LogP contribution < -0.4 is 10.5 Å². The first-order chi connectivity index (χ1) is 9.19. The molecule has 1 atom stereocenters. The van der Waals surface area contributed by atoms with Crippen molar-refractivity contribution in [3.63, 3.8) is 0 Å². The number of rotatable bonds is 6. The molecular weight excluding hydrogens is 258 g/mol. The molecule has 2 rings (SSSR count). The second-order valence-electron chi connectivity index (χ2n) is 4.27. The van der Waals surface area contributed by atoms with E-state index in [1.54, 1.807) is 16.4 Å². The van der Waals surface area contributed by atoms with Gasteiger partial charge in [-0.15, -0.1) is 11.8 Å². The van der Waals surface area contributed by atoms with Gasteiger partial charge in [0.15, 0.2) is 0 Å². The molecule has 1 unspecified atom stereocenters. The third kappa shape index (κ3) is 4.01. The van der Waals surface area contributed by atoms with Crippen molar-refractivity contribution in [2.75, 3.05) is 12.4 Å². The van der Waals surface area contributed by atoms with E-state index in [1.807, 2.05) is 50.6 Å². The van der Waals surface area contributed by atoms with Gasteiger partial charge in [0.05, 0.1) is 12.8 Å². The molecule has 0 saturated heterocycles. The second kappa shape index (κ2) is 6.63. The molecular formula is C14H19N3OS. The maximum atomic E-state index is 6.18. The van der Waals surface area contributed by atoms with Crippen LogP contribution in [0.2, 0.25) is 0 Å². The highest BCUT2D eigenvalue weighted by atomic mass is 32.2. The van der Waals surface area contributed by atoms with Gasteiger partial charge in [0.25, 0.3) is 0 Å². The number of thioether (sulfide) groups is 1. The van der Waals surface area contributed by atoms with E-state index in [1.165, 1.54) is 0 Å². The van der Waals surface area contributed by atoms with E-state index >= 15 is 0 Å². The van der Waals surface area contributed by atoms with Gasteiger partial charge in [0.2, 0.25) is 0 Å². The molecule has 2 aromatic rings. The molecule has 5 heteroatoms. The van der Waals surface area contributed by atoms with Crippen LogP contribution in [0.4, 0.5) is 0 Å². The van der Waals surface area contributed by atoms with Crippen molar-refractivity contribution in [3.05, 3.63) is 42.2 Å². The number of hydrogen-bond acceptors (Lipinski definition) is 4. The fourth-order valence-electron chi connectivity index (χ4n) is 1.73. The zero-order valence-electron chi connectivity index (χ0n) is 11.2. The Bertz CT molecular complexity index is 510. The van der Waals surface area contributed by atoms with E-state index in [2.05, 4.69) is 5.10 Å². The summed E-state index contributed by atoms with van der Waals surface area (Å²) in [5, 5.41) is 4.14. The van der Waals surface area contributed by atoms with E-state index < -0.39 is 0 Å². The molecule has 19 heavy (non-hydrogen) atoms. The van der Waals surface area contributed by atoms with Crippen molar-refractivity contribution in [2.45, 2.75) is 17.9 Å². The zero-order valence-corrected chi connectivity index (χ0v) is 12.1. The quantitative estimate of drug-likeness (QED) is 0.825. The molecule has 0 spiro atoms. The van der Waals surface area contributed by atoms with Crippen molar-refractivity contribution in [3.8, 4) is 5.75 Å². The van der Waals surface area contributed by atoms with Gasteiger partial charge in [-0.1, -0.05) is 12.1 Å². The van der Waals surface area contributed by atoms with Crippen LogP contribution in [-0.4, -0.2) is 22.1 Å². The zero-order chi connectivity index (χ0) is 13.7. The summed E-state index contributed by atoms with van der Waals surface area (Å²) in [5.41, 5.74) is 7.31. The molecule has 4 nitrogen and oxygen atoms in total. The molecule has 2 N–H and O–H groups in total. The van der Waals surface area contributed by atoms with Gasteiger partial charge in [0.1, 0.15) is 5.75 Å². The molecule has 0 fully saturated rings. The Balaban J connectivity index is 1.90. The van der Waals surface area contributed by atoms with E-state index in [-0.39, 0.29) is 6.04 Å². The van der Waals surface area contributed by atoms with Crippen molar-refractivity contribution >= 4 is 11.8 Å². The van der Waals surface area contributed by atoms with Gasteiger partial charge in [-0.2, -0.15) is 5.10 Å². The Morgan fingerprint density at radius 1 is 1.37 bits per heavy atom. The summed E-state index contributed by atoms with van der Waals surface area (Å²) in [5.74, 6) is 1.72. The SMILES string of the molecule is CCOc1ccc(C(N)CSc2cnn(C)c2)cc1. The molecule has 1 aromatic heterocycles. The van der Waals surface area contributed by atoms with Crippen molar-refractivity contribution in [1.29, 1.82) is 0 Å². The molecule has 0 amide bonds. The monoisotopic (exact) mass is 277 g/mol. The average molecular weight is 277 g/mol. The summed E-state index contributed by atoms with van der Waals surface area (Å²) in [6.07, 6.45) is 3.85. The Morgan fingerprint density at radius 3 is 2.68 bits per heavy atom. The van der Waals surface area contributed by atoms with Crippen molar-refractivity contribution in [2.24, 2.45) is 12.8 Å². The number of benzene rings is 1. The highest BCUT2D eigenvalue weighted by molar-refractivity contribution is 7.99. The molecule has 1 aromatic carbocycles. The normalized spacial score (nSPS) is 12.4. The van der Waals surface area contributed by atoms with Crippen LogP contribution in [-0.2, 0) is 7.05 Å². The van der Waals surface area contributed by atoms with E-state index in [9.17, 15) is 0 Å². The van der Waals surface area contributed by atoms with Crippen LogP contribution in [0.15, 0.2) is 41.6 Å². The predicted molar refractivity (Wildman–Crippen MR) is 78.5 cm³/mol. The lowest BCUT2D eigenvalue weighted by atomic mass is 10.1. The lowest BCUT2D eigenvalue weighted by Crippen LogP contribution is -2.12. The number of ether oxygens (including phenoxy) is 1. The Hall–Kier alpha value is -1.46. The number of nitrogens with two attached hydrogens (primary N) is 1. The van der Waals surface area contributed by atoms with Crippen LogP contribution in [0.3, 0.4) is 0 Å². The van der Waals surface area contributed by atoms with Crippen LogP contribution in [0.1, 0.15) is 18.5 Å². The van der Waals surface area contributed by atoms with Crippen LogP contribution in [0.5, 0.6) is 5.75 Å². The predicted octanol–water partition coefficient (Wildman–Crippen LogP) is 2.61. The molecule has 0 aliphatic carbocycles. The van der Waals surface area contributed by atoms with E-state index in [0.29, 0.717) is 6.61 Å². The minimum atomic E-state index is 0.0147. The third-order valence-corrected chi connectivity index (χ3v) is 3.80. The summed E-state index contributed by atoms with van der Waals surface area (Å²) in [7, 11) is 1.91. The largest absolute Gasteiger partial charge is 0.494 e. The fraction of sp³-hybridized carbons (Fsp3) is 0.357. The fourth-order valence-corrected chi connectivity index (χ4v) is 2.65. The van der Waals surface area contributed by atoms with Crippen LogP contribution in [0, 0.1) is 0 Å². The summed E-state index contributed by atoms with van der Waals surface area (Å²) in [4.78, 5) is 1.14. The topological polar surface area (TPSA) is 53.1 Å². The number of hydrogen-bond donors (Lipinski definition) is 1. The lowest BCUT2D eigenvalue weighted by molar-refractivity contribution is 0.340. The third-order valence-electron chi connectivity index (χ3n) is 2.73. The van der Waals surface area contributed by atoms with Gasteiger partial charge in [0, 0.05) is 29.9 Å².